The lowest BCUT2D eigenvalue weighted by Gasteiger charge is -2.08. The molecule has 0 unspecified atom stereocenters. The summed E-state index contributed by atoms with van der Waals surface area (Å²) in [6.07, 6.45) is 0. The molecule has 0 amide bonds. The Bertz CT molecular complexity index is 1670. The summed E-state index contributed by atoms with van der Waals surface area (Å²) >= 11 is 0. The van der Waals surface area contributed by atoms with Crippen LogP contribution in [-0.4, -0.2) is 9.97 Å². The highest BCUT2D eigenvalue weighted by atomic mass is 16.5. The van der Waals surface area contributed by atoms with E-state index in [1.165, 1.54) is 0 Å². The fourth-order valence-corrected chi connectivity index (χ4v) is 3.77. The van der Waals surface area contributed by atoms with E-state index in [0.717, 1.165) is 0 Å². The summed E-state index contributed by atoms with van der Waals surface area (Å²) in [7, 11) is 0. The minimum Gasteiger partial charge on any atom is -0.457 e. The first-order valence-corrected chi connectivity index (χ1v) is 10.8. The van der Waals surface area contributed by atoms with Crippen molar-refractivity contribution < 1.29 is 13.6 Å². The van der Waals surface area contributed by atoms with E-state index >= 15 is 0 Å². The van der Waals surface area contributed by atoms with E-state index in [9.17, 15) is 9.59 Å². The Morgan fingerprint density at radius 3 is 1.40 bits per heavy atom. The minimum absolute atomic E-state index is 0.250. The zero-order valence-electron chi connectivity index (χ0n) is 18.2. The average Bonchev–Trinajstić information content (AvgIpc) is 2.90. The molecular weight excluding hydrogens is 444 g/mol. The molecular formula is C28H16N2O5. The molecule has 0 radical (unpaired) electrons. The van der Waals surface area contributed by atoms with Crippen molar-refractivity contribution in [3.05, 3.63) is 118 Å². The van der Waals surface area contributed by atoms with Crippen LogP contribution >= 0.6 is 0 Å². The summed E-state index contributed by atoms with van der Waals surface area (Å²) in [4.78, 5) is 34.2. The molecule has 2 aromatic heterocycles. The first kappa shape index (κ1) is 20.6. The van der Waals surface area contributed by atoms with E-state index in [1.54, 1.807) is 36.4 Å². The zero-order valence-corrected chi connectivity index (χ0v) is 18.2. The van der Waals surface area contributed by atoms with Crippen LogP contribution in [0, 0.1) is 0 Å². The topological polar surface area (TPSA) is 95.4 Å². The van der Waals surface area contributed by atoms with Gasteiger partial charge in [0.1, 0.15) is 11.5 Å². The van der Waals surface area contributed by atoms with Crippen LogP contribution in [0.2, 0.25) is 0 Å². The molecule has 0 saturated carbocycles. The lowest BCUT2D eigenvalue weighted by molar-refractivity contribution is 0.481. The number of ether oxygens (including phenoxy) is 1. The second kappa shape index (κ2) is 8.39. The highest BCUT2D eigenvalue weighted by molar-refractivity contribution is 5.82. The smallest absolute Gasteiger partial charge is 0.347 e. The van der Waals surface area contributed by atoms with Crippen molar-refractivity contribution in [1.82, 2.24) is 9.97 Å². The molecule has 7 heteroatoms. The van der Waals surface area contributed by atoms with E-state index in [2.05, 4.69) is 9.97 Å². The predicted molar refractivity (Wildman–Crippen MR) is 132 cm³/mol. The third-order valence-corrected chi connectivity index (χ3v) is 5.48. The van der Waals surface area contributed by atoms with Crippen LogP contribution in [0.4, 0.5) is 0 Å². The van der Waals surface area contributed by atoms with Crippen molar-refractivity contribution in [1.29, 1.82) is 0 Å². The number of nitrogens with zero attached hydrogens (tertiary/aromatic N) is 2. The molecule has 0 aliphatic heterocycles. The van der Waals surface area contributed by atoms with Gasteiger partial charge in [0.05, 0.1) is 21.8 Å². The summed E-state index contributed by atoms with van der Waals surface area (Å²) in [5.41, 5.74) is 1.37. The van der Waals surface area contributed by atoms with Crippen LogP contribution in [-0.2, 0) is 0 Å². The number of hydrogen-bond acceptors (Lipinski definition) is 7. The Morgan fingerprint density at radius 1 is 0.543 bits per heavy atom. The Hall–Kier alpha value is -5.04. The first-order valence-electron chi connectivity index (χ1n) is 10.8. The Balaban J connectivity index is 1.33. The van der Waals surface area contributed by atoms with Crippen LogP contribution in [0.25, 0.3) is 44.7 Å². The molecule has 4 aromatic carbocycles. The van der Waals surface area contributed by atoms with E-state index in [0.29, 0.717) is 33.7 Å². The highest BCUT2D eigenvalue weighted by Crippen LogP contribution is 2.27. The van der Waals surface area contributed by atoms with Gasteiger partial charge >= 0.3 is 11.3 Å². The van der Waals surface area contributed by atoms with Crippen LogP contribution in [0.3, 0.4) is 0 Å². The van der Waals surface area contributed by atoms with Gasteiger partial charge < -0.3 is 13.6 Å². The van der Waals surface area contributed by atoms with Gasteiger partial charge in [0, 0.05) is 11.1 Å². The van der Waals surface area contributed by atoms with Gasteiger partial charge in [-0.2, -0.15) is 0 Å². The summed E-state index contributed by atoms with van der Waals surface area (Å²) in [6, 6.07) is 28.3. The summed E-state index contributed by atoms with van der Waals surface area (Å²) in [5, 5.41) is 0.577. The van der Waals surface area contributed by atoms with Gasteiger partial charge in [0.2, 0.25) is 11.8 Å². The van der Waals surface area contributed by atoms with Crippen LogP contribution in [0.15, 0.2) is 115 Å². The molecule has 0 aliphatic rings. The van der Waals surface area contributed by atoms with Gasteiger partial charge in [0.25, 0.3) is 0 Å². The maximum Gasteiger partial charge on any atom is 0.347 e. The maximum atomic E-state index is 12.6. The van der Waals surface area contributed by atoms with Gasteiger partial charge in [-0.25, -0.2) is 19.6 Å². The predicted octanol–water partition coefficient (Wildman–Crippen LogP) is 5.82. The molecule has 0 saturated heterocycles. The van der Waals surface area contributed by atoms with Gasteiger partial charge in [-0.05, 0) is 60.7 Å². The second-order valence-corrected chi connectivity index (χ2v) is 7.80. The summed E-state index contributed by atoms with van der Waals surface area (Å²) in [6.45, 7) is 0. The monoisotopic (exact) mass is 460 g/mol. The third-order valence-electron chi connectivity index (χ3n) is 5.48. The van der Waals surface area contributed by atoms with Gasteiger partial charge in [-0.15, -0.1) is 0 Å². The molecule has 6 rings (SSSR count). The van der Waals surface area contributed by atoms with E-state index in [-0.39, 0.29) is 22.6 Å². The van der Waals surface area contributed by atoms with Crippen molar-refractivity contribution in [3.63, 3.8) is 0 Å². The lowest BCUT2D eigenvalue weighted by Crippen LogP contribution is -2.04. The number of benzene rings is 4. The molecule has 0 fully saturated rings. The number of rotatable bonds is 4. The molecule has 0 atom stereocenters. The molecule has 2 heterocycles. The molecule has 0 aliphatic carbocycles. The molecule has 35 heavy (non-hydrogen) atoms. The SMILES string of the molecule is O=c1oc(-c2ccccc2)nc2ccc(Oc3ccc4nc(-c5ccccc5)oc(=O)c4c3)cc12. The van der Waals surface area contributed by atoms with E-state index < -0.39 is 11.3 Å². The molecule has 0 N–H and O–H groups in total. The summed E-state index contributed by atoms with van der Waals surface area (Å²) in [5.74, 6) is 1.30. The van der Waals surface area contributed by atoms with Crippen molar-refractivity contribution >= 4 is 21.8 Å². The normalized spacial score (nSPS) is 11.1. The number of fused-ring (bicyclic) bond motifs is 2. The lowest BCUT2D eigenvalue weighted by atomic mass is 10.2. The third kappa shape index (κ3) is 3.95. The van der Waals surface area contributed by atoms with Crippen LogP contribution in [0.5, 0.6) is 11.5 Å². The Morgan fingerprint density at radius 2 is 0.971 bits per heavy atom. The Labute approximate surface area is 197 Å². The minimum atomic E-state index is -0.517. The largest absolute Gasteiger partial charge is 0.457 e. The molecule has 0 spiro atoms. The fraction of sp³-hybridized carbons (Fsp3) is 0. The van der Waals surface area contributed by atoms with Gasteiger partial charge in [-0.3, -0.25) is 0 Å². The average molecular weight is 460 g/mol. The number of aromatic nitrogens is 2. The van der Waals surface area contributed by atoms with Crippen LogP contribution in [0.1, 0.15) is 0 Å². The number of hydrogen-bond donors (Lipinski definition) is 0. The highest BCUT2D eigenvalue weighted by Gasteiger charge is 2.12. The van der Waals surface area contributed by atoms with E-state index in [1.807, 2.05) is 60.7 Å². The van der Waals surface area contributed by atoms with Crippen molar-refractivity contribution in [2.24, 2.45) is 0 Å². The quantitative estimate of drug-likeness (QED) is 0.327. The first-order chi connectivity index (χ1) is 17.1. The molecule has 7 nitrogen and oxygen atoms in total. The van der Waals surface area contributed by atoms with Crippen molar-refractivity contribution in [3.8, 4) is 34.4 Å². The van der Waals surface area contributed by atoms with Gasteiger partial charge in [0.15, 0.2) is 0 Å². The Kier molecular flexibility index (Phi) is 4.93. The fourth-order valence-electron chi connectivity index (χ4n) is 3.77. The second-order valence-electron chi connectivity index (χ2n) is 7.80. The standard InChI is InChI=1S/C28H16N2O5/c31-27-21-15-19(11-13-23(21)29-25(34-27)17-7-3-1-4-8-17)33-20-12-14-24-22(16-20)28(32)35-26(30-24)18-9-5-2-6-10-18/h1-16H. The summed E-state index contributed by atoms with van der Waals surface area (Å²) < 4.78 is 16.8. The van der Waals surface area contributed by atoms with Crippen molar-refractivity contribution in [2.45, 2.75) is 0 Å². The molecule has 6 aromatic rings. The maximum absolute atomic E-state index is 12.6. The molecule has 168 valence electrons. The van der Waals surface area contributed by atoms with Crippen molar-refractivity contribution in [2.75, 3.05) is 0 Å². The van der Waals surface area contributed by atoms with Gasteiger partial charge in [-0.1, -0.05) is 36.4 Å². The van der Waals surface area contributed by atoms with E-state index in [4.69, 9.17) is 13.6 Å². The van der Waals surface area contributed by atoms with Crippen LogP contribution < -0.4 is 16.0 Å². The molecule has 0 bridgehead atoms. The zero-order chi connectivity index (χ0) is 23.8.